The summed E-state index contributed by atoms with van der Waals surface area (Å²) in [6, 6.07) is 11.7. The Morgan fingerprint density at radius 3 is 2.92 bits per heavy atom. The van der Waals surface area contributed by atoms with Crippen molar-refractivity contribution in [3.8, 4) is 23.4 Å². The molecule has 1 aliphatic rings. The molecule has 1 aromatic heterocycles. The van der Waals surface area contributed by atoms with Gasteiger partial charge in [-0.25, -0.2) is 9.37 Å². The molecule has 0 unspecified atom stereocenters. The Bertz CT molecular complexity index is 1040. The van der Waals surface area contributed by atoms with Crippen molar-refractivity contribution in [3.05, 3.63) is 53.7 Å². The highest BCUT2D eigenvalue weighted by molar-refractivity contribution is 5.81. The third-order valence-corrected chi connectivity index (χ3v) is 4.50. The second-order valence-corrected chi connectivity index (χ2v) is 5.96. The molecule has 122 valence electrons. The molecule has 2 heterocycles. The largest absolute Gasteiger partial charge is 0.438 e. The maximum atomic E-state index is 14.4. The third-order valence-electron chi connectivity index (χ3n) is 4.50. The number of rotatable bonds is 2. The van der Waals surface area contributed by atoms with E-state index in [0.29, 0.717) is 34.7 Å². The lowest BCUT2D eigenvalue weighted by Crippen LogP contribution is -2.17. The topological polar surface area (TPSA) is 76.8 Å². The van der Waals surface area contributed by atoms with Gasteiger partial charge >= 0.3 is 0 Å². The predicted molar refractivity (Wildman–Crippen MR) is 88.4 cm³/mol. The molecule has 1 fully saturated rings. The van der Waals surface area contributed by atoms with Gasteiger partial charge in [0.15, 0.2) is 11.8 Å². The summed E-state index contributed by atoms with van der Waals surface area (Å²) >= 11 is 0. The van der Waals surface area contributed by atoms with Crippen molar-refractivity contribution in [2.24, 2.45) is 0 Å². The van der Waals surface area contributed by atoms with E-state index in [-0.39, 0.29) is 11.6 Å². The zero-order valence-electron chi connectivity index (χ0n) is 13.2. The first-order valence-corrected chi connectivity index (χ1v) is 7.97. The molecule has 0 spiro atoms. The SMILES string of the molecule is N#Cc1cccc(-c2ccc3oc([C@@H]4CCCN4C#N)nc3c2)c1F. The standard InChI is InChI=1S/C19H13FN4O/c20-18-13(10-21)3-1-4-14(18)12-6-7-17-15(9-12)23-19(25-17)16-5-2-8-24(16)11-22/h1,3-4,6-7,9,16H,2,5,8H2/t16-/m0/s1. The average Bonchev–Trinajstić information content (AvgIpc) is 3.27. The van der Waals surface area contributed by atoms with Crippen molar-refractivity contribution in [1.29, 1.82) is 10.5 Å². The van der Waals surface area contributed by atoms with Crippen LogP contribution in [-0.2, 0) is 0 Å². The molecular weight excluding hydrogens is 319 g/mol. The molecule has 25 heavy (non-hydrogen) atoms. The van der Waals surface area contributed by atoms with E-state index in [2.05, 4.69) is 11.2 Å². The van der Waals surface area contributed by atoms with Gasteiger partial charge in [0.05, 0.1) is 5.56 Å². The van der Waals surface area contributed by atoms with Crippen LogP contribution in [0.2, 0.25) is 0 Å². The molecule has 4 rings (SSSR count). The summed E-state index contributed by atoms with van der Waals surface area (Å²) in [4.78, 5) is 6.17. The van der Waals surface area contributed by atoms with E-state index in [0.717, 1.165) is 12.8 Å². The maximum absolute atomic E-state index is 14.4. The summed E-state index contributed by atoms with van der Waals surface area (Å²) in [5, 5.41) is 18.2. The first-order chi connectivity index (χ1) is 12.2. The van der Waals surface area contributed by atoms with Gasteiger partial charge in [-0.15, -0.1) is 0 Å². The quantitative estimate of drug-likeness (QED) is 0.660. The molecule has 1 saturated heterocycles. The molecule has 0 bridgehead atoms. The lowest BCUT2D eigenvalue weighted by molar-refractivity contribution is 0.314. The van der Waals surface area contributed by atoms with Crippen LogP contribution in [-0.4, -0.2) is 16.4 Å². The van der Waals surface area contributed by atoms with E-state index in [1.54, 1.807) is 35.2 Å². The Balaban J connectivity index is 1.77. The van der Waals surface area contributed by atoms with Gasteiger partial charge in [-0.2, -0.15) is 10.5 Å². The second-order valence-electron chi connectivity index (χ2n) is 5.96. The molecule has 0 aliphatic carbocycles. The first kappa shape index (κ1) is 15.2. The number of hydrogen-bond acceptors (Lipinski definition) is 5. The average molecular weight is 332 g/mol. The lowest BCUT2D eigenvalue weighted by atomic mass is 10.0. The van der Waals surface area contributed by atoms with E-state index >= 15 is 0 Å². The van der Waals surface area contributed by atoms with Crippen molar-refractivity contribution in [1.82, 2.24) is 9.88 Å². The van der Waals surface area contributed by atoms with E-state index < -0.39 is 5.82 Å². The van der Waals surface area contributed by atoms with Crippen molar-refractivity contribution >= 4 is 11.1 Å². The number of aromatic nitrogens is 1. The third kappa shape index (κ3) is 2.49. The number of likely N-dealkylation sites (tertiary alicyclic amines) is 1. The minimum Gasteiger partial charge on any atom is -0.438 e. The normalized spacial score (nSPS) is 16.8. The molecular formula is C19H13FN4O. The van der Waals surface area contributed by atoms with Crippen LogP contribution in [0.25, 0.3) is 22.2 Å². The van der Waals surface area contributed by atoms with Crippen LogP contribution in [0.3, 0.4) is 0 Å². The highest BCUT2D eigenvalue weighted by Gasteiger charge is 2.29. The minimum absolute atomic E-state index is 0.00839. The van der Waals surface area contributed by atoms with Crippen LogP contribution < -0.4 is 0 Å². The van der Waals surface area contributed by atoms with Crippen molar-refractivity contribution < 1.29 is 8.81 Å². The van der Waals surface area contributed by atoms with Crippen LogP contribution in [0.15, 0.2) is 40.8 Å². The highest BCUT2D eigenvalue weighted by Crippen LogP contribution is 2.34. The number of fused-ring (bicyclic) bond motifs is 1. The predicted octanol–water partition coefficient (Wildman–Crippen LogP) is 4.12. The van der Waals surface area contributed by atoms with Gasteiger partial charge < -0.3 is 4.42 Å². The number of oxazole rings is 1. The van der Waals surface area contributed by atoms with Gasteiger partial charge in [-0.3, -0.25) is 4.90 Å². The van der Waals surface area contributed by atoms with Gasteiger partial charge in [-0.1, -0.05) is 18.2 Å². The zero-order chi connectivity index (χ0) is 17.4. The van der Waals surface area contributed by atoms with Crippen LogP contribution in [0.5, 0.6) is 0 Å². The van der Waals surface area contributed by atoms with Crippen LogP contribution >= 0.6 is 0 Å². The first-order valence-electron chi connectivity index (χ1n) is 7.97. The molecule has 1 aliphatic heterocycles. The van der Waals surface area contributed by atoms with E-state index in [1.807, 2.05) is 6.07 Å². The van der Waals surface area contributed by atoms with Crippen LogP contribution in [0.4, 0.5) is 4.39 Å². The van der Waals surface area contributed by atoms with E-state index in [1.165, 1.54) is 6.07 Å². The summed E-state index contributed by atoms with van der Waals surface area (Å²) in [6.07, 6.45) is 3.92. The number of nitrogens with zero attached hydrogens (tertiary/aromatic N) is 4. The molecule has 5 nitrogen and oxygen atoms in total. The van der Waals surface area contributed by atoms with E-state index in [9.17, 15) is 9.65 Å². The number of nitriles is 2. The lowest BCUT2D eigenvalue weighted by Gasteiger charge is -2.13. The number of halogens is 1. The number of hydrogen-bond donors (Lipinski definition) is 0. The van der Waals surface area contributed by atoms with E-state index in [4.69, 9.17) is 9.68 Å². The molecule has 0 saturated carbocycles. The minimum atomic E-state index is -0.542. The van der Waals surface area contributed by atoms with Gasteiger partial charge in [-0.05, 0) is 36.6 Å². The van der Waals surface area contributed by atoms with Gasteiger partial charge in [0, 0.05) is 12.1 Å². The second kappa shape index (κ2) is 5.92. The zero-order valence-corrected chi connectivity index (χ0v) is 13.2. The molecule has 3 aromatic rings. The maximum Gasteiger partial charge on any atom is 0.218 e. The monoisotopic (exact) mass is 332 g/mol. The molecule has 6 heteroatoms. The van der Waals surface area contributed by atoms with Gasteiger partial charge in [0.2, 0.25) is 5.89 Å². The van der Waals surface area contributed by atoms with Crippen molar-refractivity contribution in [2.75, 3.05) is 6.54 Å². The van der Waals surface area contributed by atoms with Crippen LogP contribution in [0, 0.1) is 28.6 Å². The Morgan fingerprint density at radius 2 is 2.12 bits per heavy atom. The molecule has 1 atom stereocenters. The number of benzene rings is 2. The molecule has 0 radical (unpaired) electrons. The Morgan fingerprint density at radius 1 is 1.24 bits per heavy atom. The summed E-state index contributed by atoms with van der Waals surface area (Å²) in [6.45, 7) is 0.706. The fourth-order valence-corrected chi connectivity index (χ4v) is 3.24. The molecule has 0 N–H and O–H groups in total. The Labute approximate surface area is 143 Å². The fraction of sp³-hybridized carbons (Fsp3) is 0.211. The van der Waals surface area contributed by atoms with Crippen molar-refractivity contribution in [3.63, 3.8) is 0 Å². The summed E-state index contributed by atoms with van der Waals surface area (Å²) < 4.78 is 20.2. The summed E-state index contributed by atoms with van der Waals surface area (Å²) in [7, 11) is 0. The molecule has 2 aromatic carbocycles. The Kier molecular flexibility index (Phi) is 3.59. The fourth-order valence-electron chi connectivity index (χ4n) is 3.24. The van der Waals surface area contributed by atoms with Crippen molar-refractivity contribution in [2.45, 2.75) is 18.9 Å². The van der Waals surface area contributed by atoms with Gasteiger partial charge in [0.25, 0.3) is 0 Å². The smallest absolute Gasteiger partial charge is 0.218 e. The highest BCUT2D eigenvalue weighted by atomic mass is 19.1. The molecule has 0 amide bonds. The summed E-state index contributed by atoms with van der Waals surface area (Å²) in [5.41, 5.74) is 2.20. The Hall–Kier alpha value is -3.38. The van der Waals surface area contributed by atoms with Gasteiger partial charge in [0.1, 0.15) is 23.4 Å². The van der Waals surface area contributed by atoms with Crippen LogP contribution in [0.1, 0.15) is 30.3 Å². The summed E-state index contributed by atoms with van der Waals surface area (Å²) in [5.74, 6) is -0.0306.